The Morgan fingerprint density at radius 1 is 1.53 bits per heavy atom. The maximum Gasteiger partial charge on any atom is 0.233 e. The first kappa shape index (κ1) is 15.7. The lowest BCUT2D eigenvalue weighted by Crippen LogP contribution is -2.47. The van der Waals surface area contributed by atoms with E-state index in [1.165, 1.54) is 0 Å². The molecule has 4 N–H and O–H groups in total. The van der Waals surface area contributed by atoms with Crippen LogP contribution in [0.15, 0.2) is 5.16 Å². The average molecular weight is 245 g/mol. The molecule has 0 heterocycles. The number of ether oxygens (including phenoxy) is 1. The summed E-state index contributed by atoms with van der Waals surface area (Å²) in [5.41, 5.74) is 4.57. The molecule has 0 saturated heterocycles. The van der Waals surface area contributed by atoms with Gasteiger partial charge in [0.15, 0.2) is 5.84 Å². The molecule has 1 amide bonds. The highest BCUT2D eigenvalue weighted by molar-refractivity contribution is 6.06. The van der Waals surface area contributed by atoms with Gasteiger partial charge < -0.3 is 21.0 Å². The van der Waals surface area contributed by atoms with E-state index in [9.17, 15) is 4.79 Å². The van der Waals surface area contributed by atoms with E-state index in [1.54, 1.807) is 6.92 Å². The molecule has 0 saturated carbocycles. The van der Waals surface area contributed by atoms with Crippen molar-refractivity contribution >= 4 is 11.7 Å². The number of carbonyl (C=O) groups is 1. The van der Waals surface area contributed by atoms with Crippen molar-refractivity contribution in [3.05, 3.63) is 0 Å². The van der Waals surface area contributed by atoms with Crippen LogP contribution in [0.25, 0.3) is 0 Å². The van der Waals surface area contributed by atoms with E-state index in [0.29, 0.717) is 26.2 Å². The molecule has 0 aromatic rings. The first-order valence-corrected chi connectivity index (χ1v) is 5.87. The summed E-state index contributed by atoms with van der Waals surface area (Å²) in [4.78, 5) is 11.9. The Morgan fingerprint density at radius 3 is 2.65 bits per heavy atom. The van der Waals surface area contributed by atoms with Gasteiger partial charge in [-0.15, -0.1) is 0 Å². The summed E-state index contributed by atoms with van der Waals surface area (Å²) in [6.07, 6.45) is 1.22. The van der Waals surface area contributed by atoms with Gasteiger partial charge in [0.2, 0.25) is 5.91 Å². The Kier molecular flexibility index (Phi) is 7.29. The van der Waals surface area contributed by atoms with Crippen molar-refractivity contribution in [3.63, 3.8) is 0 Å². The molecule has 0 spiro atoms. The Labute approximate surface area is 102 Å². The van der Waals surface area contributed by atoms with Crippen LogP contribution in [-0.4, -0.2) is 36.7 Å². The average Bonchev–Trinajstić information content (AvgIpc) is 2.36. The number of nitrogens with one attached hydrogen (secondary N) is 1. The van der Waals surface area contributed by atoms with E-state index >= 15 is 0 Å². The zero-order valence-corrected chi connectivity index (χ0v) is 10.8. The van der Waals surface area contributed by atoms with E-state index < -0.39 is 5.41 Å². The topological polar surface area (TPSA) is 96.9 Å². The third-order valence-electron chi connectivity index (χ3n) is 2.84. The van der Waals surface area contributed by atoms with E-state index in [0.717, 1.165) is 6.42 Å². The highest BCUT2D eigenvalue weighted by Crippen LogP contribution is 2.21. The van der Waals surface area contributed by atoms with Crippen LogP contribution < -0.4 is 11.1 Å². The summed E-state index contributed by atoms with van der Waals surface area (Å²) in [6, 6.07) is 0. The number of amidine groups is 1. The van der Waals surface area contributed by atoms with Crippen molar-refractivity contribution in [2.24, 2.45) is 16.3 Å². The summed E-state index contributed by atoms with van der Waals surface area (Å²) in [5, 5.41) is 14.3. The number of nitrogens with two attached hydrogens (primary N) is 1. The van der Waals surface area contributed by atoms with Gasteiger partial charge in [0, 0.05) is 19.8 Å². The molecule has 1 unspecified atom stereocenters. The van der Waals surface area contributed by atoms with Gasteiger partial charge in [0.1, 0.15) is 5.41 Å². The minimum absolute atomic E-state index is 0.0673. The molecule has 0 aliphatic carbocycles. The molecule has 0 aliphatic rings. The number of hydrogen-bond acceptors (Lipinski definition) is 4. The number of rotatable bonds is 8. The van der Waals surface area contributed by atoms with Crippen molar-refractivity contribution < 1.29 is 14.7 Å². The lowest BCUT2D eigenvalue weighted by atomic mass is 9.85. The van der Waals surface area contributed by atoms with E-state index in [2.05, 4.69) is 10.5 Å². The zero-order chi connectivity index (χ0) is 13.3. The second-order valence-electron chi connectivity index (χ2n) is 3.98. The number of carbonyl (C=O) groups excluding carboxylic acids is 1. The summed E-state index contributed by atoms with van der Waals surface area (Å²) < 4.78 is 5.16. The summed E-state index contributed by atoms with van der Waals surface area (Å²) in [7, 11) is 0. The van der Waals surface area contributed by atoms with E-state index in [-0.39, 0.29) is 11.7 Å². The second kappa shape index (κ2) is 7.89. The summed E-state index contributed by atoms with van der Waals surface area (Å²) in [5.74, 6) is -0.297. The van der Waals surface area contributed by atoms with Gasteiger partial charge in [0.25, 0.3) is 0 Å². The van der Waals surface area contributed by atoms with Crippen LogP contribution in [0.1, 0.15) is 33.6 Å². The van der Waals surface area contributed by atoms with Crippen LogP contribution in [0.3, 0.4) is 0 Å². The number of hydrogen-bond donors (Lipinski definition) is 3. The third kappa shape index (κ3) is 4.60. The van der Waals surface area contributed by atoms with Crippen LogP contribution in [0.5, 0.6) is 0 Å². The lowest BCUT2D eigenvalue weighted by Gasteiger charge is -2.25. The minimum atomic E-state index is -0.958. The maximum atomic E-state index is 11.9. The molecule has 0 aromatic heterocycles. The maximum absolute atomic E-state index is 11.9. The van der Waals surface area contributed by atoms with Gasteiger partial charge in [0.05, 0.1) is 0 Å². The monoisotopic (exact) mass is 245 g/mol. The molecule has 0 fully saturated rings. The van der Waals surface area contributed by atoms with Crippen LogP contribution in [0, 0.1) is 5.41 Å². The Morgan fingerprint density at radius 2 is 2.18 bits per heavy atom. The van der Waals surface area contributed by atoms with Crippen molar-refractivity contribution in [1.82, 2.24) is 5.32 Å². The molecule has 0 radical (unpaired) electrons. The standard InChI is InChI=1S/C11H23N3O3/c1-4-11(3,9(12)14-16)10(15)13-7-6-8-17-5-2/h16H,4-8H2,1-3H3,(H2,12,14)(H,13,15). The first-order chi connectivity index (χ1) is 8.02. The summed E-state index contributed by atoms with van der Waals surface area (Å²) >= 11 is 0. The van der Waals surface area contributed by atoms with Crippen molar-refractivity contribution in [1.29, 1.82) is 0 Å². The van der Waals surface area contributed by atoms with Gasteiger partial charge >= 0.3 is 0 Å². The lowest BCUT2D eigenvalue weighted by molar-refractivity contribution is -0.127. The molecule has 0 bridgehead atoms. The molecule has 6 nitrogen and oxygen atoms in total. The molecule has 0 rings (SSSR count). The number of oxime groups is 1. The van der Waals surface area contributed by atoms with E-state index in [4.69, 9.17) is 15.7 Å². The molecular weight excluding hydrogens is 222 g/mol. The largest absolute Gasteiger partial charge is 0.409 e. The minimum Gasteiger partial charge on any atom is -0.409 e. The van der Waals surface area contributed by atoms with Gasteiger partial charge in [-0.2, -0.15) is 0 Å². The fourth-order valence-electron chi connectivity index (χ4n) is 1.28. The predicted molar refractivity (Wildman–Crippen MR) is 65.9 cm³/mol. The number of nitrogens with zero attached hydrogens (tertiary/aromatic N) is 1. The van der Waals surface area contributed by atoms with Gasteiger partial charge in [-0.05, 0) is 26.7 Å². The smallest absolute Gasteiger partial charge is 0.233 e. The van der Waals surface area contributed by atoms with Crippen molar-refractivity contribution in [3.8, 4) is 0 Å². The third-order valence-corrected chi connectivity index (χ3v) is 2.84. The molecule has 0 aromatic carbocycles. The fraction of sp³-hybridized carbons (Fsp3) is 0.818. The normalized spacial score (nSPS) is 15.4. The van der Waals surface area contributed by atoms with Crippen molar-refractivity contribution in [2.75, 3.05) is 19.8 Å². The SMILES string of the molecule is CCOCCCNC(=O)C(C)(CC)C(N)=NO. The molecule has 0 aliphatic heterocycles. The number of amides is 1. The Hall–Kier alpha value is -1.30. The molecule has 17 heavy (non-hydrogen) atoms. The van der Waals surface area contributed by atoms with Crippen LogP contribution in [0.2, 0.25) is 0 Å². The molecular formula is C11H23N3O3. The Bertz CT molecular complexity index is 269. The predicted octanol–water partition coefficient (Wildman–Crippen LogP) is 0.692. The van der Waals surface area contributed by atoms with Crippen molar-refractivity contribution in [2.45, 2.75) is 33.6 Å². The molecule has 1 atom stereocenters. The van der Waals surface area contributed by atoms with Gasteiger partial charge in [-0.25, -0.2) is 0 Å². The fourth-order valence-corrected chi connectivity index (χ4v) is 1.28. The highest BCUT2D eigenvalue weighted by Gasteiger charge is 2.35. The van der Waals surface area contributed by atoms with Crippen LogP contribution in [-0.2, 0) is 9.53 Å². The zero-order valence-electron chi connectivity index (χ0n) is 10.8. The second-order valence-corrected chi connectivity index (χ2v) is 3.98. The van der Waals surface area contributed by atoms with Gasteiger partial charge in [-0.3, -0.25) is 4.79 Å². The summed E-state index contributed by atoms with van der Waals surface area (Å²) in [6.45, 7) is 7.20. The molecule has 100 valence electrons. The molecule has 6 heteroatoms. The Balaban J connectivity index is 4.18. The quantitative estimate of drug-likeness (QED) is 0.193. The van der Waals surface area contributed by atoms with Gasteiger partial charge in [-0.1, -0.05) is 12.1 Å². The van der Waals surface area contributed by atoms with Crippen LogP contribution >= 0.6 is 0 Å². The van der Waals surface area contributed by atoms with E-state index in [1.807, 2.05) is 13.8 Å². The highest BCUT2D eigenvalue weighted by atomic mass is 16.5. The van der Waals surface area contributed by atoms with Crippen LogP contribution in [0.4, 0.5) is 0 Å². The first-order valence-electron chi connectivity index (χ1n) is 5.87.